The predicted molar refractivity (Wildman–Crippen MR) is 180 cm³/mol. The summed E-state index contributed by atoms with van der Waals surface area (Å²) in [5, 5.41) is 20.4. The van der Waals surface area contributed by atoms with Crippen molar-refractivity contribution >= 4 is 35.5 Å². The van der Waals surface area contributed by atoms with Gasteiger partial charge in [-0.3, -0.25) is 4.68 Å². The fourth-order valence-corrected chi connectivity index (χ4v) is 10.7. The van der Waals surface area contributed by atoms with Crippen LogP contribution in [0.25, 0.3) is 11.0 Å². The van der Waals surface area contributed by atoms with Crippen LogP contribution in [-0.4, -0.2) is 57.9 Å². The summed E-state index contributed by atoms with van der Waals surface area (Å²) in [5.74, 6) is 1.16. The summed E-state index contributed by atoms with van der Waals surface area (Å²) in [6.45, 7) is 9.97. The third-order valence-corrected chi connectivity index (χ3v) is 13.3. The molecule has 9 nitrogen and oxygen atoms in total. The van der Waals surface area contributed by atoms with Crippen molar-refractivity contribution in [3.63, 3.8) is 0 Å². The van der Waals surface area contributed by atoms with E-state index in [0.717, 1.165) is 30.3 Å². The van der Waals surface area contributed by atoms with Gasteiger partial charge in [-0.15, -0.1) is 0 Å². The first kappa shape index (κ1) is 32.3. The molecule has 2 aromatic carbocycles. The van der Waals surface area contributed by atoms with Crippen LogP contribution in [0.15, 0.2) is 79.1 Å². The highest BCUT2D eigenvalue weighted by Gasteiger charge is 2.50. The monoisotopic (exact) mass is 623 g/mol. The molecule has 0 aliphatic heterocycles. The molecule has 235 valence electrons. The van der Waals surface area contributed by atoms with Gasteiger partial charge in [0.2, 0.25) is 12.2 Å². The molecule has 0 amide bonds. The molecule has 2 N–H and O–H groups in total. The Balaban J connectivity index is 1.42. The minimum atomic E-state index is -2.64. The highest BCUT2D eigenvalue weighted by atomic mass is 28.4. The van der Waals surface area contributed by atoms with Crippen LogP contribution in [0.1, 0.15) is 58.1 Å². The Morgan fingerprint density at radius 2 is 1.67 bits per heavy atom. The van der Waals surface area contributed by atoms with Crippen molar-refractivity contribution in [2.45, 2.75) is 71.2 Å². The zero-order chi connectivity index (χ0) is 31.9. The van der Waals surface area contributed by atoms with E-state index < -0.39 is 8.32 Å². The largest absolute Gasteiger partial charge is 0.481 e. The van der Waals surface area contributed by atoms with Crippen molar-refractivity contribution in [3.05, 3.63) is 96.6 Å². The minimum absolute atomic E-state index is 0.0904. The molecule has 5 rings (SSSR count). The number of aliphatic hydroxyl groups is 1. The smallest absolute Gasteiger partial charge is 0.261 e. The molecule has 3 heterocycles. The molecule has 0 saturated heterocycles. The summed E-state index contributed by atoms with van der Waals surface area (Å²) in [7, 11) is -1.06. The number of ether oxygens (including phenoxy) is 1. The Hall–Kier alpha value is -4.12. The first-order valence-corrected chi connectivity index (χ1v) is 17.4. The van der Waals surface area contributed by atoms with E-state index in [4.69, 9.17) is 9.16 Å². The number of methoxy groups -OCH3 is 1. The molecule has 0 bridgehead atoms. The van der Waals surface area contributed by atoms with Gasteiger partial charge in [0.05, 0.1) is 26.5 Å². The standard InChI is InChI=1S/C35H43N6O3Si/c1-6-13-28(18-19-44-45(35(2,3)4,29-14-9-7-10-15-29)30-16-11-8-12-17-30)40-33-32-31(37-25-38-33)22-39-41(32)23-27-20-26(24-42)21-36-34(27)43-5/h7-12,14-17,20-22,28,42H,6,13,18-19,23-24H2,1-5H3,(H,37,38,40)/t28-/m0/s1. The van der Waals surface area contributed by atoms with Crippen molar-refractivity contribution in [1.29, 1.82) is 0 Å². The number of hydrogen-bond donors (Lipinski definition) is 2. The first-order chi connectivity index (χ1) is 21.8. The van der Waals surface area contributed by atoms with Gasteiger partial charge in [0, 0.05) is 24.4 Å². The molecule has 0 unspecified atom stereocenters. The Morgan fingerprint density at radius 1 is 0.978 bits per heavy atom. The summed E-state index contributed by atoms with van der Waals surface area (Å²) >= 11 is 0. The van der Waals surface area contributed by atoms with Gasteiger partial charge >= 0.3 is 0 Å². The molecular weight excluding hydrogens is 581 g/mol. The van der Waals surface area contributed by atoms with E-state index in [-0.39, 0.29) is 17.7 Å². The van der Waals surface area contributed by atoms with Crippen LogP contribution >= 0.6 is 0 Å². The quantitative estimate of drug-likeness (QED) is 0.164. The summed E-state index contributed by atoms with van der Waals surface area (Å²) < 4.78 is 14.5. The number of nitrogens with one attached hydrogen (secondary N) is 1. The molecule has 0 spiro atoms. The van der Waals surface area contributed by atoms with Crippen molar-refractivity contribution in [2.75, 3.05) is 19.0 Å². The lowest BCUT2D eigenvalue weighted by Gasteiger charge is -2.43. The maximum absolute atomic E-state index is 9.67. The molecule has 1 radical (unpaired) electrons. The summed E-state index contributed by atoms with van der Waals surface area (Å²) in [5.41, 5.74) is 2.97. The lowest BCUT2D eigenvalue weighted by molar-refractivity contribution is 0.280. The normalized spacial score (nSPS) is 12.8. The van der Waals surface area contributed by atoms with Crippen LogP contribution in [0.3, 0.4) is 0 Å². The van der Waals surface area contributed by atoms with Gasteiger partial charge in [-0.1, -0.05) is 94.8 Å². The summed E-state index contributed by atoms with van der Waals surface area (Å²) in [4.78, 5) is 13.3. The molecule has 0 fully saturated rings. The summed E-state index contributed by atoms with van der Waals surface area (Å²) in [6.07, 6.45) is 8.88. The topological polar surface area (TPSA) is 107 Å². The fourth-order valence-electron chi connectivity index (χ4n) is 6.14. The second-order valence-corrected chi connectivity index (χ2v) is 16.6. The maximum Gasteiger partial charge on any atom is 0.261 e. The Bertz CT molecular complexity index is 1630. The number of pyridine rings is 1. The molecule has 0 aliphatic rings. The van der Waals surface area contributed by atoms with Gasteiger partial charge in [-0.05, 0) is 39.9 Å². The highest BCUT2D eigenvalue weighted by molar-refractivity contribution is 6.99. The van der Waals surface area contributed by atoms with Crippen LogP contribution in [0, 0.1) is 6.33 Å². The lowest BCUT2D eigenvalue weighted by atomic mass is 10.1. The van der Waals surface area contributed by atoms with Crippen LogP contribution in [0.5, 0.6) is 5.88 Å². The number of rotatable bonds is 14. The average molecular weight is 624 g/mol. The molecule has 5 aromatic rings. The number of aromatic nitrogens is 5. The van der Waals surface area contributed by atoms with E-state index in [1.54, 1.807) is 19.5 Å². The average Bonchev–Trinajstić information content (AvgIpc) is 3.47. The first-order valence-electron chi connectivity index (χ1n) is 15.5. The van der Waals surface area contributed by atoms with Crippen molar-refractivity contribution in [3.8, 4) is 5.88 Å². The molecule has 3 aromatic heterocycles. The zero-order valence-electron chi connectivity index (χ0n) is 26.8. The number of fused-ring (bicyclic) bond motifs is 1. The van der Waals surface area contributed by atoms with E-state index >= 15 is 0 Å². The van der Waals surface area contributed by atoms with E-state index in [1.165, 1.54) is 10.4 Å². The van der Waals surface area contributed by atoms with Gasteiger partial charge in [-0.25, -0.2) is 15.0 Å². The molecule has 1 atom stereocenters. The number of nitrogens with zero attached hydrogens (tertiary/aromatic N) is 5. The number of hydrogen-bond acceptors (Lipinski definition) is 8. The van der Waals surface area contributed by atoms with E-state index in [2.05, 4.69) is 120 Å². The van der Waals surface area contributed by atoms with Crippen molar-refractivity contribution < 1.29 is 14.3 Å². The van der Waals surface area contributed by atoms with Crippen LogP contribution in [-0.2, 0) is 17.6 Å². The van der Waals surface area contributed by atoms with Gasteiger partial charge in [0.1, 0.15) is 11.0 Å². The second kappa shape index (κ2) is 14.3. The van der Waals surface area contributed by atoms with Gasteiger partial charge in [0.25, 0.3) is 8.32 Å². The molecular formula is C35H43N6O3Si. The predicted octanol–water partition coefficient (Wildman–Crippen LogP) is 5.12. The SMILES string of the molecule is CCC[C@@H](CCO[Si](c1ccccc1)(c1ccccc1)C(C)(C)C)Nc1n[c]nc2cnn(Cc3cc(CO)cnc3OC)c12. The third kappa shape index (κ3) is 6.93. The van der Waals surface area contributed by atoms with Crippen molar-refractivity contribution in [2.24, 2.45) is 0 Å². The van der Waals surface area contributed by atoms with E-state index in [1.807, 2.05) is 10.7 Å². The number of anilines is 1. The summed E-state index contributed by atoms with van der Waals surface area (Å²) in [6, 6.07) is 23.5. The molecule has 45 heavy (non-hydrogen) atoms. The number of benzene rings is 2. The Kier molecular flexibility index (Phi) is 10.3. The van der Waals surface area contributed by atoms with Gasteiger partial charge < -0.3 is 19.6 Å². The van der Waals surface area contributed by atoms with Gasteiger partial charge in [0.15, 0.2) is 5.82 Å². The maximum atomic E-state index is 9.67. The van der Waals surface area contributed by atoms with Crippen molar-refractivity contribution in [1.82, 2.24) is 24.7 Å². The molecule has 0 saturated carbocycles. The van der Waals surface area contributed by atoms with E-state index in [0.29, 0.717) is 35.9 Å². The van der Waals surface area contributed by atoms with E-state index in [9.17, 15) is 5.11 Å². The lowest BCUT2D eigenvalue weighted by Crippen LogP contribution is -2.66. The highest BCUT2D eigenvalue weighted by Crippen LogP contribution is 2.37. The third-order valence-electron chi connectivity index (χ3n) is 8.23. The minimum Gasteiger partial charge on any atom is -0.481 e. The Labute approximate surface area is 266 Å². The Morgan fingerprint density at radius 3 is 2.27 bits per heavy atom. The fraction of sp³-hybridized carbons (Fsp3) is 0.371. The second-order valence-electron chi connectivity index (χ2n) is 12.3. The number of aliphatic hydroxyl groups excluding tert-OH is 1. The van der Waals surface area contributed by atoms with Gasteiger partial charge in [-0.2, -0.15) is 5.10 Å². The zero-order valence-corrected chi connectivity index (χ0v) is 27.8. The van der Waals surface area contributed by atoms with Crippen LogP contribution < -0.4 is 20.4 Å². The molecule has 10 heteroatoms. The van der Waals surface area contributed by atoms with Crippen LogP contribution in [0.2, 0.25) is 5.04 Å². The van der Waals surface area contributed by atoms with Crippen LogP contribution in [0.4, 0.5) is 5.82 Å². The molecule has 0 aliphatic carbocycles.